The highest BCUT2D eigenvalue weighted by atomic mass is 32.2. The first-order chi connectivity index (χ1) is 10.0. The van der Waals surface area contributed by atoms with Gasteiger partial charge >= 0.3 is 5.97 Å². The fourth-order valence-electron chi connectivity index (χ4n) is 1.61. The zero-order valence-corrected chi connectivity index (χ0v) is 12.9. The Labute approximate surface area is 128 Å². The van der Waals surface area contributed by atoms with Crippen molar-refractivity contribution in [3.8, 4) is 0 Å². The molecule has 2 amide bonds. The van der Waals surface area contributed by atoms with Crippen LogP contribution in [0, 0.1) is 5.92 Å². The van der Waals surface area contributed by atoms with Crippen LogP contribution in [0.25, 0.3) is 0 Å². The minimum absolute atomic E-state index is 0.141. The second kappa shape index (κ2) is 9.18. The van der Waals surface area contributed by atoms with Gasteiger partial charge in [0.2, 0.25) is 11.8 Å². The molecule has 0 heterocycles. The van der Waals surface area contributed by atoms with E-state index in [4.69, 9.17) is 0 Å². The van der Waals surface area contributed by atoms with Crippen LogP contribution in [-0.2, 0) is 25.5 Å². The van der Waals surface area contributed by atoms with E-state index in [1.54, 1.807) is 6.92 Å². The lowest BCUT2D eigenvalue weighted by Gasteiger charge is -2.08. The smallest absolute Gasteiger partial charge is 0.309 e. The first kappa shape index (κ1) is 17.2. The molecule has 1 aromatic rings. The van der Waals surface area contributed by atoms with E-state index >= 15 is 0 Å². The van der Waals surface area contributed by atoms with Crippen LogP contribution in [0.15, 0.2) is 30.3 Å². The molecule has 0 radical (unpaired) electrons. The number of hydrogen-bond donors (Lipinski definition) is 1. The summed E-state index contributed by atoms with van der Waals surface area (Å²) in [6.07, 6.45) is 0.176. The molecule has 0 aliphatic heterocycles. The van der Waals surface area contributed by atoms with Gasteiger partial charge in [0, 0.05) is 5.75 Å². The Morgan fingerprint density at radius 3 is 2.48 bits per heavy atom. The van der Waals surface area contributed by atoms with Crippen LogP contribution < -0.4 is 5.32 Å². The molecule has 1 atom stereocenters. The maximum absolute atomic E-state index is 11.7. The Hall–Kier alpha value is -1.82. The summed E-state index contributed by atoms with van der Waals surface area (Å²) in [5.41, 5.74) is 0.856. The van der Waals surface area contributed by atoms with Crippen molar-refractivity contribution in [2.24, 2.45) is 5.92 Å². The zero-order valence-electron chi connectivity index (χ0n) is 12.1. The van der Waals surface area contributed by atoms with Crippen molar-refractivity contribution < 1.29 is 19.1 Å². The summed E-state index contributed by atoms with van der Waals surface area (Å²) in [7, 11) is 1.33. The summed E-state index contributed by atoms with van der Waals surface area (Å²) in [4.78, 5) is 34.4. The zero-order chi connectivity index (χ0) is 15.7. The van der Waals surface area contributed by atoms with Crippen LogP contribution in [0.1, 0.15) is 12.5 Å². The molecular weight excluding hydrogens is 290 g/mol. The van der Waals surface area contributed by atoms with Gasteiger partial charge in [-0.3, -0.25) is 19.7 Å². The lowest BCUT2D eigenvalue weighted by atomic mass is 10.1. The summed E-state index contributed by atoms with van der Waals surface area (Å²) < 4.78 is 4.59. The molecule has 5 nitrogen and oxygen atoms in total. The van der Waals surface area contributed by atoms with Crippen molar-refractivity contribution in [2.45, 2.75) is 13.3 Å². The van der Waals surface area contributed by atoms with Crippen LogP contribution >= 0.6 is 11.8 Å². The van der Waals surface area contributed by atoms with Gasteiger partial charge in [-0.15, -0.1) is 0 Å². The molecule has 0 saturated carbocycles. The molecule has 1 aromatic carbocycles. The first-order valence-corrected chi connectivity index (χ1v) is 7.70. The second-order valence-corrected chi connectivity index (χ2v) is 5.60. The molecule has 0 aromatic heterocycles. The van der Waals surface area contributed by atoms with Gasteiger partial charge in [-0.2, -0.15) is 11.8 Å². The lowest BCUT2D eigenvalue weighted by molar-refractivity contribution is -0.144. The van der Waals surface area contributed by atoms with E-state index in [-0.39, 0.29) is 35.9 Å². The number of thioether (sulfide) groups is 1. The van der Waals surface area contributed by atoms with E-state index in [0.717, 1.165) is 5.56 Å². The van der Waals surface area contributed by atoms with Gasteiger partial charge in [0.05, 0.1) is 25.2 Å². The van der Waals surface area contributed by atoms with Gasteiger partial charge in [0.25, 0.3) is 0 Å². The van der Waals surface area contributed by atoms with E-state index in [2.05, 4.69) is 10.1 Å². The molecule has 1 N–H and O–H groups in total. The van der Waals surface area contributed by atoms with Crippen molar-refractivity contribution in [2.75, 3.05) is 18.6 Å². The van der Waals surface area contributed by atoms with Gasteiger partial charge in [0.15, 0.2) is 0 Å². The number of ether oxygens (including phenoxy) is 1. The van der Waals surface area contributed by atoms with E-state index < -0.39 is 0 Å². The molecular formula is C15H19NO4S. The molecule has 114 valence electrons. The Morgan fingerprint density at radius 2 is 1.86 bits per heavy atom. The third kappa shape index (κ3) is 6.94. The molecule has 1 unspecified atom stereocenters. The highest BCUT2D eigenvalue weighted by molar-refractivity contribution is 7.99. The van der Waals surface area contributed by atoms with Gasteiger partial charge < -0.3 is 4.74 Å². The third-order valence-electron chi connectivity index (χ3n) is 2.69. The summed E-state index contributed by atoms with van der Waals surface area (Å²) in [6, 6.07) is 9.21. The van der Waals surface area contributed by atoms with Crippen molar-refractivity contribution in [1.82, 2.24) is 5.32 Å². The normalized spacial score (nSPS) is 11.5. The molecule has 0 aliphatic carbocycles. The molecule has 0 fully saturated rings. The fourth-order valence-corrected chi connectivity index (χ4v) is 2.48. The van der Waals surface area contributed by atoms with Crippen LogP contribution in [0.4, 0.5) is 0 Å². The number of benzene rings is 1. The molecule has 0 spiro atoms. The molecule has 0 aliphatic rings. The number of imide groups is 1. The number of methoxy groups -OCH3 is 1. The molecule has 0 saturated heterocycles. The van der Waals surface area contributed by atoms with E-state index in [0.29, 0.717) is 5.75 Å². The van der Waals surface area contributed by atoms with Crippen LogP contribution in [-0.4, -0.2) is 36.4 Å². The maximum Gasteiger partial charge on any atom is 0.309 e. The second-order valence-electron chi connectivity index (χ2n) is 4.57. The van der Waals surface area contributed by atoms with E-state index in [1.807, 2.05) is 30.3 Å². The number of esters is 1. The highest BCUT2D eigenvalue weighted by Crippen LogP contribution is 2.09. The van der Waals surface area contributed by atoms with Gasteiger partial charge in [-0.05, 0) is 5.56 Å². The number of carbonyl (C=O) groups excluding carboxylic acids is 3. The Kier molecular flexibility index (Phi) is 7.53. The number of hydrogen-bond acceptors (Lipinski definition) is 5. The number of amides is 2. The third-order valence-corrected chi connectivity index (χ3v) is 3.89. The van der Waals surface area contributed by atoms with Crippen LogP contribution in [0.5, 0.6) is 0 Å². The minimum atomic E-state index is -0.349. The number of nitrogens with one attached hydrogen (secondary N) is 1. The van der Waals surface area contributed by atoms with Crippen molar-refractivity contribution in [1.29, 1.82) is 0 Å². The topological polar surface area (TPSA) is 72.5 Å². The van der Waals surface area contributed by atoms with Gasteiger partial charge in [0.1, 0.15) is 0 Å². The Bertz CT molecular complexity index is 490. The summed E-state index contributed by atoms with van der Waals surface area (Å²) in [5, 5.41) is 2.33. The Balaban J connectivity index is 2.24. The van der Waals surface area contributed by atoms with E-state index in [1.165, 1.54) is 18.9 Å². The van der Waals surface area contributed by atoms with Crippen LogP contribution in [0.3, 0.4) is 0 Å². The van der Waals surface area contributed by atoms with Gasteiger partial charge in [-0.25, -0.2) is 0 Å². The Morgan fingerprint density at radius 1 is 1.19 bits per heavy atom. The fraction of sp³-hybridized carbons (Fsp3) is 0.400. The minimum Gasteiger partial charge on any atom is -0.469 e. The molecule has 1 rings (SSSR count). The summed E-state index contributed by atoms with van der Waals surface area (Å²) >= 11 is 1.30. The maximum atomic E-state index is 11.7. The average Bonchev–Trinajstić information content (AvgIpc) is 2.47. The summed E-state index contributed by atoms with van der Waals surface area (Å²) in [6.45, 7) is 1.73. The van der Waals surface area contributed by atoms with Gasteiger partial charge in [-0.1, -0.05) is 37.3 Å². The number of carbonyl (C=O) groups is 3. The SMILES string of the molecule is COC(=O)C(C)CSCC(=O)NC(=O)Cc1ccccc1. The molecule has 21 heavy (non-hydrogen) atoms. The quantitative estimate of drug-likeness (QED) is 0.771. The van der Waals surface area contributed by atoms with Crippen LogP contribution in [0.2, 0.25) is 0 Å². The van der Waals surface area contributed by atoms with E-state index in [9.17, 15) is 14.4 Å². The predicted octanol–water partition coefficient (Wildman–Crippen LogP) is 1.41. The standard InChI is InChI=1S/C15H19NO4S/c1-11(15(19)20-2)9-21-10-14(18)16-13(17)8-12-6-4-3-5-7-12/h3-7,11H,8-10H2,1-2H3,(H,16,17,18). The summed E-state index contributed by atoms with van der Waals surface area (Å²) in [5.74, 6) is -0.629. The predicted molar refractivity (Wildman–Crippen MR) is 81.8 cm³/mol. The van der Waals surface area contributed by atoms with Crippen molar-refractivity contribution in [3.63, 3.8) is 0 Å². The van der Waals surface area contributed by atoms with Crippen molar-refractivity contribution in [3.05, 3.63) is 35.9 Å². The lowest BCUT2D eigenvalue weighted by Crippen LogP contribution is -2.33. The largest absolute Gasteiger partial charge is 0.469 e. The van der Waals surface area contributed by atoms with Crippen molar-refractivity contribution >= 4 is 29.5 Å². The number of rotatable bonds is 7. The molecule has 0 bridgehead atoms. The average molecular weight is 309 g/mol. The first-order valence-electron chi connectivity index (χ1n) is 6.55. The molecule has 6 heteroatoms. The monoisotopic (exact) mass is 309 g/mol. The highest BCUT2D eigenvalue weighted by Gasteiger charge is 2.14.